The Hall–Kier alpha value is -0.960. The predicted octanol–water partition coefficient (Wildman–Crippen LogP) is 1.64. The number of rotatable bonds is 6. The number of nitrogens with zero attached hydrogens (tertiary/aromatic N) is 2. The predicted molar refractivity (Wildman–Crippen MR) is 84.2 cm³/mol. The van der Waals surface area contributed by atoms with Crippen LogP contribution in [0, 0.1) is 6.92 Å². The SMILES string of the molecule is Cc1c(Br)cc(C(=O)O)cc1S(=O)(=O)N(C)CCN(C)C. The first-order valence-corrected chi connectivity index (χ1v) is 8.45. The zero-order chi connectivity index (χ0) is 16.4. The Morgan fingerprint density at radius 1 is 1.24 bits per heavy atom. The molecular formula is C13H19BrN2O4S. The highest BCUT2D eigenvalue weighted by Gasteiger charge is 2.25. The number of halogens is 1. The van der Waals surface area contributed by atoms with E-state index in [1.807, 2.05) is 19.0 Å². The normalized spacial score (nSPS) is 12.1. The van der Waals surface area contributed by atoms with Crippen LogP contribution in [-0.4, -0.2) is 62.9 Å². The van der Waals surface area contributed by atoms with Crippen molar-refractivity contribution in [1.29, 1.82) is 0 Å². The molecule has 0 amide bonds. The number of carboxylic acids is 1. The molecule has 0 aliphatic rings. The van der Waals surface area contributed by atoms with Gasteiger partial charge in [0.05, 0.1) is 10.5 Å². The third-order valence-electron chi connectivity index (χ3n) is 3.09. The van der Waals surface area contributed by atoms with Crippen molar-refractivity contribution >= 4 is 31.9 Å². The van der Waals surface area contributed by atoms with Gasteiger partial charge in [-0.25, -0.2) is 13.2 Å². The van der Waals surface area contributed by atoms with E-state index >= 15 is 0 Å². The van der Waals surface area contributed by atoms with E-state index in [0.717, 1.165) is 0 Å². The van der Waals surface area contributed by atoms with Gasteiger partial charge in [0.2, 0.25) is 10.0 Å². The van der Waals surface area contributed by atoms with E-state index < -0.39 is 16.0 Å². The lowest BCUT2D eigenvalue weighted by atomic mass is 10.1. The molecule has 0 spiro atoms. The molecule has 118 valence electrons. The van der Waals surface area contributed by atoms with Gasteiger partial charge in [0.25, 0.3) is 0 Å². The third kappa shape index (κ3) is 4.26. The summed E-state index contributed by atoms with van der Waals surface area (Å²) >= 11 is 3.21. The molecule has 0 radical (unpaired) electrons. The van der Waals surface area contributed by atoms with Crippen LogP contribution in [0.15, 0.2) is 21.5 Å². The van der Waals surface area contributed by atoms with E-state index in [2.05, 4.69) is 15.9 Å². The van der Waals surface area contributed by atoms with Crippen molar-refractivity contribution in [3.8, 4) is 0 Å². The van der Waals surface area contributed by atoms with E-state index in [-0.39, 0.29) is 10.5 Å². The van der Waals surface area contributed by atoms with Gasteiger partial charge in [-0.05, 0) is 38.7 Å². The molecule has 0 atom stereocenters. The highest BCUT2D eigenvalue weighted by molar-refractivity contribution is 9.10. The number of carbonyl (C=O) groups is 1. The smallest absolute Gasteiger partial charge is 0.335 e. The van der Waals surface area contributed by atoms with Crippen molar-refractivity contribution < 1.29 is 18.3 Å². The topological polar surface area (TPSA) is 77.9 Å². The average molecular weight is 379 g/mol. The first-order chi connectivity index (χ1) is 9.57. The van der Waals surface area contributed by atoms with Gasteiger partial charge in [0.15, 0.2) is 0 Å². The highest BCUT2D eigenvalue weighted by Crippen LogP contribution is 2.27. The number of sulfonamides is 1. The molecule has 1 rings (SSSR count). The fourth-order valence-corrected chi connectivity index (χ4v) is 3.70. The fourth-order valence-electron chi connectivity index (χ4n) is 1.67. The van der Waals surface area contributed by atoms with Crippen LogP contribution in [0.5, 0.6) is 0 Å². The highest BCUT2D eigenvalue weighted by atomic mass is 79.9. The summed E-state index contributed by atoms with van der Waals surface area (Å²) in [6.07, 6.45) is 0. The molecule has 0 aliphatic carbocycles. The van der Waals surface area contributed by atoms with Crippen molar-refractivity contribution in [1.82, 2.24) is 9.21 Å². The molecule has 0 unspecified atom stereocenters. The molecule has 1 N–H and O–H groups in total. The molecule has 0 heterocycles. The number of likely N-dealkylation sites (N-methyl/N-ethyl adjacent to an activating group) is 2. The Bertz CT molecular complexity index is 644. The van der Waals surface area contributed by atoms with Crippen LogP contribution in [-0.2, 0) is 10.0 Å². The Balaban J connectivity index is 3.27. The zero-order valence-electron chi connectivity index (χ0n) is 12.4. The van der Waals surface area contributed by atoms with E-state index in [1.54, 1.807) is 6.92 Å². The second-order valence-electron chi connectivity index (χ2n) is 5.02. The second-order valence-corrected chi connectivity index (χ2v) is 7.88. The van der Waals surface area contributed by atoms with E-state index in [4.69, 9.17) is 5.11 Å². The molecule has 1 aromatic rings. The molecule has 0 aromatic heterocycles. The van der Waals surface area contributed by atoms with Crippen LogP contribution in [0.1, 0.15) is 15.9 Å². The molecule has 0 aliphatic heterocycles. The molecule has 6 nitrogen and oxygen atoms in total. The number of benzene rings is 1. The molecular weight excluding hydrogens is 360 g/mol. The Kier molecular flexibility index (Phi) is 5.92. The minimum atomic E-state index is -3.73. The van der Waals surface area contributed by atoms with Crippen molar-refractivity contribution in [3.05, 3.63) is 27.7 Å². The molecule has 1 aromatic carbocycles. The van der Waals surface area contributed by atoms with Gasteiger partial charge < -0.3 is 10.0 Å². The lowest BCUT2D eigenvalue weighted by molar-refractivity contribution is 0.0696. The monoisotopic (exact) mass is 378 g/mol. The minimum Gasteiger partial charge on any atom is -0.478 e. The van der Waals surface area contributed by atoms with Crippen LogP contribution in [0.25, 0.3) is 0 Å². The Labute approximate surface area is 133 Å². The number of hydrogen-bond acceptors (Lipinski definition) is 4. The second kappa shape index (κ2) is 6.87. The third-order valence-corrected chi connectivity index (χ3v) is 5.90. The molecule has 21 heavy (non-hydrogen) atoms. The molecule has 0 fully saturated rings. The van der Waals surface area contributed by atoms with Crippen LogP contribution >= 0.6 is 15.9 Å². The van der Waals surface area contributed by atoms with Crippen molar-refractivity contribution in [2.75, 3.05) is 34.2 Å². The lowest BCUT2D eigenvalue weighted by Gasteiger charge is -2.21. The lowest BCUT2D eigenvalue weighted by Crippen LogP contribution is -2.34. The summed E-state index contributed by atoms with van der Waals surface area (Å²) in [4.78, 5) is 13.0. The van der Waals surface area contributed by atoms with Crippen LogP contribution in [0.3, 0.4) is 0 Å². The molecule has 0 bridgehead atoms. The van der Waals surface area contributed by atoms with Gasteiger partial charge in [-0.2, -0.15) is 4.31 Å². The van der Waals surface area contributed by atoms with Crippen LogP contribution in [0.2, 0.25) is 0 Å². The molecule has 0 saturated heterocycles. The maximum atomic E-state index is 12.6. The standard InChI is InChI=1S/C13H19BrN2O4S/c1-9-11(14)7-10(13(17)18)8-12(9)21(19,20)16(4)6-5-15(2)3/h7-8H,5-6H2,1-4H3,(H,17,18). The Morgan fingerprint density at radius 3 is 2.29 bits per heavy atom. The summed E-state index contributed by atoms with van der Waals surface area (Å²) in [6, 6.07) is 2.60. The van der Waals surface area contributed by atoms with Gasteiger partial charge in [-0.1, -0.05) is 15.9 Å². The maximum absolute atomic E-state index is 12.6. The average Bonchev–Trinajstić information content (AvgIpc) is 2.38. The summed E-state index contributed by atoms with van der Waals surface area (Å²) in [5.41, 5.74) is 0.434. The van der Waals surface area contributed by atoms with Gasteiger partial charge in [0, 0.05) is 24.6 Å². The van der Waals surface area contributed by atoms with Gasteiger partial charge >= 0.3 is 5.97 Å². The van der Waals surface area contributed by atoms with Gasteiger partial charge in [-0.15, -0.1) is 0 Å². The fraction of sp³-hybridized carbons (Fsp3) is 0.462. The number of hydrogen-bond donors (Lipinski definition) is 1. The Morgan fingerprint density at radius 2 is 1.81 bits per heavy atom. The van der Waals surface area contributed by atoms with Gasteiger partial charge in [0.1, 0.15) is 0 Å². The van der Waals surface area contributed by atoms with E-state index in [9.17, 15) is 13.2 Å². The molecule has 0 saturated carbocycles. The van der Waals surface area contributed by atoms with Crippen molar-refractivity contribution in [3.63, 3.8) is 0 Å². The van der Waals surface area contributed by atoms with Gasteiger partial charge in [-0.3, -0.25) is 0 Å². The number of carboxylic acid groups (broad SMARTS) is 1. The van der Waals surface area contributed by atoms with Crippen molar-refractivity contribution in [2.45, 2.75) is 11.8 Å². The minimum absolute atomic E-state index is 0.00975. The van der Waals surface area contributed by atoms with Crippen molar-refractivity contribution in [2.24, 2.45) is 0 Å². The quantitative estimate of drug-likeness (QED) is 0.813. The summed E-state index contributed by atoms with van der Waals surface area (Å²) in [5, 5.41) is 9.07. The van der Waals surface area contributed by atoms with E-state index in [1.165, 1.54) is 23.5 Å². The summed E-state index contributed by atoms with van der Waals surface area (Å²) in [7, 11) is 1.46. The number of aromatic carboxylic acids is 1. The summed E-state index contributed by atoms with van der Waals surface area (Å²) in [5.74, 6) is -1.16. The zero-order valence-corrected chi connectivity index (χ0v) is 14.8. The summed E-state index contributed by atoms with van der Waals surface area (Å²) in [6.45, 7) is 2.54. The van der Waals surface area contributed by atoms with Crippen LogP contribution < -0.4 is 0 Å². The summed E-state index contributed by atoms with van der Waals surface area (Å²) < 4.78 is 26.9. The largest absolute Gasteiger partial charge is 0.478 e. The van der Waals surface area contributed by atoms with E-state index in [0.29, 0.717) is 23.1 Å². The van der Waals surface area contributed by atoms with Crippen LogP contribution in [0.4, 0.5) is 0 Å². The first kappa shape index (κ1) is 18.1. The first-order valence-electron chi connectivity index (χ1n) is 6.22. The maximum Gasteiger partial charge on any atom is 0.335 e. The molecule has 8 heteroatoms.